The summed E-state index contributed by atoms with van der Waals surface area (Å²) in [7, 11) is 0. The van der Waals surface area contributed by atoms with Crippen LogP contribution in [0.1, 0.15) is 17.5 Å². The smallest absolute Gasteiger partial charge is 0.159 e. The number of rotatable bonds is 4. The molecule has 0 radical (unpaired) electrons. The molecule has 1 aliphatic heterocycles. The summed E-state index contributed by atoms with van der Waals surface area (Å²) < 4.78 is 0. The Balaban J connectivity index is 1.80. The molecular weight excluding hydrogens is 314 g/mol. The second kappa shape index (κ2) is 7.65. The van der Waals surface area contributed by atoms with Crippen LogP contribution in [0.4, 0.5) is 0 Å². The van der Waals surface area contributed by atoms with E-state index >= 15 is 0 Å². The molecule has 2 aromatic rings. The third kappa shape index (κ3) is 4.24. The number of thioether (sulfide) groups is 1. The molecule has 0 N–H and O–H groups in total. The van der Waals surface area contributed by atoms with Crippen LogP contribution in [0.25, 0.3) is 0 Å². The summed E-state index contributed by atoms with van der Waals surface area (Å²) in [5.74, 6) is 1.14. The third-order valence-electron chi connectivity index (χ3n) is 3.41. The monoisotopic (exact) mass is 331 g/mol. The second-order valence-corrected chi connectivity index (χ2v) is 6.71. The first-order valence-electron chi connectivity index (χ1n) is 7.37. The molecule has 1 aromatic heterocycles. The van der Waals surface area contributed by atoms with E-state index in [0.717, 1.165) is 42.0 Å². The van der Waals surface area contributed by atoms with E-state index in [1.807, 2.05) is 42.2 Å². The molecule has 0 aliphatic carbocycles. The summed E-state index contributed by atoms with van der Waals surface area (Å²) >= 11 is 7.95. The minimum absolute atomic E-state index is 0.775. The summed E-state index contributed by atoms with van der Waals surface area (Å²) in [5.41, 5.74) is 2.39. The lowest BCUT2D eigenvalue weighted by molar-refractivity contribution is 0.412. The molecule has 1 aliphatic rings. The number of aromatic nitrogens is 1. The van der Waals surface area contributed by atoms with E-state index in [2.05, 4.69) is 22.0 Å². The van der Waals surface area contributed by atoms with E-state index in [1.165, 1.54) is 11.1 Å². The molecule has 0 unspecified atom stereocenters. The Morgan fingerprint density at radius 2 is 2.00 bits per heavy atom. The third-order valence-corrected chi connectivity index (χ3v) is 4.78. The summed E-state index contributed by atoms with van der Waals surface area (Å²) in [6, 6.07) is 12.1. The van der Waals surface area contributed by atoms with Gasteiger partial charge in [0, 0.05) is 42.8 Å². The zero-order chi connectivity index (χ0) is 15.2. The van der Waals surface area contributed by atoms with Crippen molar-refractivity contribution in [1.29, 1.82) is 0 Å². The standard InChI is InChI=1S/C17H18ClN3S/c18-16-6-1-4-14(10-16)12-21(17-20-8-3-9-22-17)13-15-5-2-7-19-11-15/h1-2,4-7,10-11H,3,8-9,12-13H2. The SMILES string of the molecule is Clc1cccc(CN(Cc2cccnc2)C2=NCCCS2)c1. The van der Waals surface area contributed by atoms with Crippen molar-refractivity contribution in [3.05, 3.63) is 64.9 Å². The second-order valence-electron chi connectivity index (χ2n) is 5.21. The van der Waals surface area contributed by atoms with Crippen molar-refractivity contribution in [2.24, 2.45) is 4.99 Å². The average Bonchev–Trinajstić information content (AvgIpc) is 2.56. The maximum absolute atomic E-state index is 6.11. The highest BCUT2D eigenvalue weighted by Crippen LogP contribution is 2.21. The molecule has 114 valence electrons. The number of halogens is 1. The van der Waals surface area contributed by atoms with Gasteiger partial charge in [0.1, 0.15) is 0 Å². The van der Waals surface area contributed by atoms with Gasteiger partial charge >= 0.3 is 0 Å². The van der Waals surface area contributed by atoms with Crippen LogP contribution in [0.15, 0.2) is 53.8 Å². The first-order valence-corrected chi connectivity index (χ1v) is 8.73. The van der Waals surface area contributed by atoms with E-state index in [-0.39, 0.29) is 0 Å². The molecule has 0 fully saturated rings. The number of amidine groups is 1. The minimum Gasteiger partial charge on any atom is -0.343 e. The van der Waals surface area contributed by atoms with Gasteiger partial charge in [-0.1, -0.05) is 41.6 Å². The van der Waals surface area contributed by atoms with Gasteiger partial charge in [-0.25, -0.2) is 0 Å². The zero-order valence-corrected chi connectivity index (χ0v) is 13.9. The highest BCUT2D eigenvalue weighted by atomic mass is 35.5. The Morgan fingerprint density at radius 3 is 2.73 bits per heavy atom. The molecule has 0 saturated carbocycles. The Labute approximate surface area is 140 Å². The summed E-state index contributed by atoms with van der Waals surface area (Å²) in [4.78, 5) is 11.2. The zero-order valence-electron chi connectivity index (χ0n) is 12.3. The van der Waals surface area contributed by atoms with Gasteiger partial charge < -0.3 is 4.90 Å². The maximum atomic E-state index is 6.11. The minimum atomic E-state index is 0.775. The van der Waals surface area contributed by atoms with Crippen molar-refractivity contribution < 1.29 is 0 Å². The van der Waals surface area contributed by atoms with E-state index in [4.69, 9.17) is 16.6 Å². The molecule has 0 bridgehead atoms. The Hall–Kier alpha value is -1.52. The van der Waals surface area contributed by atoms with Crippen molar-refractivity contribution in [2.45, 2.75) is 19.5 Å². The lowest BCUT2D eigenvalue weighted by atomic mass is 10.2. The highest BCUT2D eigenvalue weighted by Gasteiger charge is 2.16. The average molecular weight is 332 g/mol. The lowest BCUT2D eigenvalue weighted by Gasteiger charge is -2.27. The van der Waals surface area contributed by atoms with Crippen molar-refractivity contribution in [3.8, 4) is 0 Å². The molecule has 1 aromatic carbocycles. The number of aliphatic imine (C=N–C) groups is 1. The van der Waals surface area contributed by atoms with Crippen molar-refractivity contribution >= 4 is 28.5 Å². The van der Waals surface area contributed by atoms with Crippen LogP contribution in [0, 0.1) is 0 Å². The van der Waals surface area contributed by atoms with Gasteiger partial charge in [0.25, 0.3) is 0 Å². The summed E-state index contributed by atoms with van der Waals surface area (Å²) in [6.07, 6.45) is 4.88. The largest absolute Gasteiger partial charge is 0.343 e. The predicted molar refractivity (Wildman–Crippen MR) is 94.3 cm³/mol. The molecule has 0 atom stereocenters. The van der Waals surface area contributed by atoms with Crippen LogP contribution in [-0.2, 0) is 13.1 Å². The first kappa shape index (κ1) is 15.4. The molecule has 0 amide bonds. The molecule has 22 heavy (non-hydrogen) atoms. The Kier molecular flexibility index (Phi) is 5.35. The maximum Gasteiger partial charge on any atom is 0.159 e. The van der Waals surface area contributed by atoms with E-state index in [1.54, 1.807) is 6.20 Å². The number of hydrogen-bond acceptors (Lipinski definition) is 4. The van der Waals surface area contributed by atoms with Crippen LogP contribution in [-0.4, -0.2) is 27.3 Å². The van der Waals surface area contributed by atoms with Gasteiger partial charge in [0.15, 0.2) is 5.17 Å². The van der Waals surface area contributed by atoms with E-state index < -0.39 is 0 Å². The van der Waals surface area contributed by atoms with E-state index in [0.29, 0.717) is 0 Å². The molecule has 0 spiro atoms. The van der Waals surface area contributed by atoms with Crippen LogP contribution in [0.3, 0.4) is 0 Å². The number of nitrogens with zero attached hydrogens (tertiary/aromatic N) is 3. The van der Waals surface area contributed by atoms with E-state index in [9.17, 15) is 0 Å². The topological polar surface area (TPSA) is 28.5 Å². The molecule has 3 rings (SSSR count). The van der Waals surface area contributed by atoms with Crippen LogP contribution < -0.4 is 0 Å². The predicted octanol–water partition coefficient (Wildman–Crippen LogP) is 4.23. The van der Waals surface area contributed by atoms with Crippen LogP contribution >= 0.6 is 23.4 Å². The fraction of sp³-hybridized carbons (Fsp3) is 0.294. The quantitative estimate of drug-likeness (QED) is 0.839. The van der Waals surface area contributed by atoms with Gasteiger partial charge in [0.05, 0.1) is 0 Å². The summed E-state index contributed by atoms with van der Waals surface area (Å²) in [5, 5.41) is 1.90. The van der Waals surface area contributed by atoms with Crippen LogP contribution in [0.2, 0.25) is 5.02 Å². The molecular formula is C17H18ClN3S. The fourth-order valence-corrected chi connectivity index (χ4v) is 3.56. The van der Waals surface area contributed by atoms with Crippen molar-refractivity contribution in [1.82, 2.24) is 9.88 Å². The van der Waals surface area contributed by atoms with Crippen molar-refractivity contribution in [2.75, 3.05) is 12.3 Å². The molecule has 0 saturated heterocycles. The first-order chi connectivity index (χ1) is 10.8. The van der Waals surface area contributed by atoms with Gasteiger partial charge in [-0.3, -0.25) is 9.98 Å². The van der Waals surface area contributed by atoms with Crippen LogP contribution in [0.5, 0.6) is 0 Å². The van der Waals surface area contributed by atoms with Gasteiger partial charge in [-0.2, -0.15) is 0 Å². The number of pyridine rings is 1. The van der Waals surface area contributed by atoms with Gasteiger partial charge in [0.2, 0.25) is 0 Å². The Morgan fingerprint density at radius 1 is 1.14 bits per heavy atom. The Bertz CT molecular complexity index is 645. The normalized spacial score (nSPS) is 14.5. The fourth-order valence-electron chi connectivity index (χ4n) is 2.40. The lowest BCUT2D eigenvalue weighted by Crippen LogP contribution is -2.30. The molecule has 5 heteroatoms. The number of benzene rings is 1. The van der Waals surface area contributed by atoms with Gasteiger partial charge in [-0.15, -0.1) is 0 Å². The summed E-state index contributed by atoms with van der Waals surface area (Å²) in [6.45, 7) is 2.54. The molecule has 2 heterocycles. The number of hydrogen-bond donors (Lipinski definition) is 0. The molecule has 3 nitrogen and oxygen atoms in total. The van der Waals surface area contributed by atoms with Gasteiger partial charge in [-0.05, 0) is 35.7 Å². The highest BCUT2D eigenvalue weighted by molar-refractivity contribution is 8.13. The van der Waals surface area contributed by atoms with Crippen molar-refractivity contribution in [3.63, 3.8) is 0 Å².